The molecular formula is C11H25N. The number of rotatable bonds is 6. The molecule has 0 aromatic heterocycles. The van der Waals surface area contributed by atoms with E-state index in [4.69, 9.17) is 5.73 Å². The molecule has 0 fully saturated rings. The van der Waals surface area contributed by atoms with Gasteiger partial charge in [-0.25, -0.2) is 0 Å². The van der Waals surface area contributed by atoms with Gasteiger partial charge in [-0.1, -0.05) is 40.5 Å². The zero-order valence-corrected chi connectivity index (χ0v) is 9.19. The Morgan fingerprint density at radius 2 is 1.83 bits per heavy atom. The summed E-state index contributed by atoms with van der Waals surface area (Å²) in [7, 11) is 0. The van der Waals surface area contributed by atoms with Crippen LogP contribution in [0.15, 0.2) is 0 Å². The van der Waals surface area contributed by atoms with Crippen molar-refractivity contribution >= 4 is 0 Å². The van der Waals surface area contributed by atoms with E-state index in [-0.39, 0.29) is 0 Å². The fraction of sp³-hybridized carbons (Fsp3) is 1.00. The van der Waals surface area contributed by atoms with E-state index in [1.807, 2.05) is 0 Å². The number of hydrogen-bond acceptors (Lipinski definition) is 1. The van der Waals surface area contributed by atoms with Crippen molar-refractivity contribution in [3.05, 3.63) is 0 Å². The summed E-state index contributed by atoms with van der Waals surface area (Å²) < 4.78 is 0. The monoisotopic (exact) mass is 171 g/mol. The Hall–Kier alpha value is -0.0400. The van der Waals surface area contributed by atoms with Crippen molar-refractivity contribution in [2.24, 2.45) is 11.1 Å². The van der Waals surface area contributed by atoms with Gasteiger partial charge >= 0.3 is 0 Å². The summed E-state index contributed by atoms with van der Waals surface area (Å²) in [5.41, 5.74) is 6.37. The zero-order valence-electron chi connectivity index (χ0n) is 9.19. The molecule has 0 bridgehead atoms. The molecular weight excluding hydrogens is 146 g/mol. The molecule has 0 rings (SSSR count). The van der Waals surface area contributed by atoms with Gasteiger partial charge in [0.15, 0.2) is 0 Å². The van der Waals surface area contributed by atoms with Gasteiger partial charge in [-0.3, -0.25) is 0 Å². The molecule has 74 valence electrons. The Bertz CT molecular complexity index is 108. The molecule has 2 N–H and O–H groups in total. The maximum atomic E-state index is 5.84. The molecule has 0 aromatic carbocycles. The van der Waals surface area contributed by atoms with Gasteiger partial charge in [-0.2, -0.15) is 0 Å². The lowest BCUT2D eigenvalue weighted by atomic mass is 9.84. The Balaban J connectivity index is 3.42. The van der Waals surface area contributed by atoms with Crippen LogP contribution in [0.2, 0.25) is 0 Å². The standard InChI is InChI=1S/C11H25N/c1-5-10(12)8-7-9-11(3,4)6-2/h10H,5-9,12H2,1-4H3. The maximum Gasteiger partial charge on any atom is 0.00362 e. The zero-order chi connectivity index (χ0) is 9.61. The van der Waals surface area contributed by atoms with Crippen molar-refractivity contribution in [2.75, 3.05) is 0 Å². The fourth-order valence-corrected chi connectivity index (χ4v) is 1.22. The van der Waals surface area contributed by atoms with E-state index in [2.05, 4.69) is 27.7 Å². The molecule has 1 heteroatoms. The van der Waals surface area contributed by atoms with Crippen LogP contribution in [-0.2, 0) is 0 Å². The number of hydrogen-bond donors (Lipinski definition) is 1. The molecule has 0 aliphatic rings. The summed E-state index contributed by atoms with van der Waals surface area (Å²) >= 11 is 0. The SMILES string of the molecule is CCC(N)CCCC(C)(C)CC. The second kappa shape index (κ2) is 5.58. The predicted octanol–water partition coefficient (Wildman–Crippen LogP) is 3.33. The summed E-state index contributed by atoms with van der Waals surface area (Å²) in [4.78, 5) is 0. The van der Waals surface area contributed by atoms with Crippen molar-refractivity contribution < 1.29 is 0 Å². The topological polar surface area (TPSA) is 26.0 Å². The van der Waals surface area contributed by atoms with Gasteiger partial charge in [0.2, 0.25) is 0 Å². The highest BCUT2D eigenvalue weighted by molar-refractivity contribution is 4.68. The smallest absolute Gasteiger partial charge is 0.00362 e. The first-order valence-corrected chi connectivity index (χ1v) is 5.27. The molecule has 0 amide bonds. The van der Waals surface area contributed by atoms with Crippen LogP contribution in [0.3, 0.4) is 0 Å². The van der Waals surface area contributed by atoms with E-state index >= 15 is 0 Å². The molecule has 1 nitrogen and oxygen atoms in total. The van der Waals surface area contributed by atoms with Gasteiger partial charge in [0.25, 0.3) is 0 Å². The van der Waals surface area contributed by atoms with Crippen molar-refractivity contribution in [2.45, 2.75) is 65.8 Å². The van der Waals surface area contributed by atoms with E-state index in [0.717, 1.165) is 6.42 Å². The van der Waals surface area contributed by atoms with Crippen molar-refractivity contribution in [3.63, 3.8) is 0 Å². The second-order valence-electron chi connectivity index (χ2n) is 4.58. The van der Waals surface area contributed by atoms with Gasteiger partial charge < -0.3 is 5.73 Å². The van der Waals surface area contributed by atoms with E-state index in [9.17, 15) is 0 Å². The van der Waals surface area contributed by atoms with Crippen LogP contribution >= 0.6 is 0 Å². The van der Waals surface area contributed by atoms with Gasteiger partial charge in [0.1, 0.15) is 0 Å². The summed E-state index contributed by atoms with van der Waals surface area (Å²) in [6.45, 7) is 9.10. The largest absolute Gasteiger partial charge is 0.328 e. The lowest BCUT2D eigenvalue weighted by molar-refractivity contribution is 0.304. The third kappa shape index (κ3) is 5.59. The fourth-order valence-electron chi connectivity index (χ4n) is 1.22. The first-order valence-electron chi connectivity index (χ1n) is 5.27. The molecule has 12 heavy (non-hydrogen) atoms. The highest BCUT2D eigenvalue weighted by atomic mass is 14.6. The Kier molecular flexibility index (Phi) is 5.56. The van der Waals surface area contributed by atoms with Gasteiger partial charge in [-0.15, -0.1) is 0 Å². The average Bonchev–Trinajstić information content (AvgIpc) is 2.04. The van der Waals surface area contributed by atoms with Crippen LogP contribution in [-0.4, -0.2) is 6.04 Å². The molecule has 0 saturated heterocycles. The molecule has 1 unspecified atom stereocenters. The van der Waals surface area contributed by atoms with Crippen LogP contribution in [0.4, 0.5) is 0 Å². The van der Waals surface area contributed by atoms with Crippen molar-refractivity contribution in [1.82, 2.24) is 0 Å². The van der Waals surface area contributed by atoms with Crippen molar-refractivity contribution in [1.29, 1.82) is 0 Å². The third-order valence-corrected chi connectivity index (χ3v) is 2.91. The van der Waals surface area contributed by atoms with Crippen LogP contribution in [0.25, 0.3) is 0 Å². The molecule has 0 spiro atoms. The predicted molar refractivity (Wildman–Crippen MR) is 56.2 cm³/mol. The molecule has 1 atom stereocenters. The van der Waals surface area contributed by atoms with Crippen LogP contribution in [0.5, 0.6) is 0 Å². The normalized spacial score (nSPS) is 14.8. The van der Waals surface area contributed by atoms with Gasteiger partial charge in [0.05, 0.1) is 0 Å². The van der Waals surface area contributed by atoms with E-state index < -0.39 is 0 Å². The Morgan fingerprint density at radius 1 is 1.25 bits per heavy atom. The summed E-state index contributed by atoms with van der Waals surface area (Å²) in [6.07, 6.45) is 6.19. The quantitative estimate of drug-likeness (QED) is 0.652. The highest BCUT2D eigenvalue weighted by Gasteiger charge is 2.14. The Labute approximate surface area is 77.7 Å². The van der Waals surface area contributed by atoms with Gasteiger partial charge in [-0.05, 0) is 24.7 Å². The minimum atomic E-state index is 0.428. The molecule has 0 radical (unpaired) electrons. The average molecular weight is 171 g/mol. The minimum Gasteiger partial charge on any atom is -0.328 e. The molecule has 0 saturated carbocycles. The van der Waals surface area contributed by atoms with Crippen LogP contribution < -0.4 is 5.73 Å². The molecule has 0 aromatic rings. The lowest BCUT2D eigenvalue weighted by Crippen LogP contribution is -2.19. The summed E-state index contributed by atoms with van der Waals surface area (Å²) in [5, 5.41) is 0. The second-order valence-corrected chi connectivity index (χ2v) is 4.58. The highest BCUT2D eigenvalue weighted by Crippen LogP contribution is 2.26. The lowest BCUT2D eigenvalue weighted by Gasteiger charge is -2.22. The van der Waals surface area contributed by atoms with Gasteiger partial charge in [0, 0.05) is 6.04 Å². The van der Waals surface area contributed by atoms with Crippen LogP contribution in [0.1, 0.15) is 59.8 Å². The number of nitrogens with two attached hydrogens (primary N) is 1. The molecule has 0 heterocycles. The first kappa shape index (κ1) is 12.0. The van der Waals surface area contributed by atoms with E-state index in [0.29, 0.717) is 11.5 Å². The summed E-state index contributed by atoms with van der Waals surface area (Å²) in [6, 6.07) is 0.428. The summed E-state index contributed by atoms with van der Waals surface area (Å²) in [5.74, 6) is 0. The molecule has 0 aliphatic carbocycles. The van der Waals surface area contributed by atoms with Crippen molar-refractivity contribution in [3.8, 4) is 0 Å². The minimum absolute atomic E-state index is 0.428. The van der Waals surface area contributed by atoms with E-state index in [1.165, 1.54) is 25.7 Å². The Morgan fingerprint density at radius 3 is 2.25 bits per heavy atom. The third-order valence-electron chi connectivity index (χ3n) is 2.91. The van der Waals surface area contributed by atoms with Crippen LogP contribution in [0, 0.1) is 5.41 Å². The van der Waals surface area contributed by atoms with E-state index in [1.54, 1.807) is 0 Å². The first-order chi connectivity index (χ1) is 5.52. The maximum absolute atomic E-state index is 5.84. The molecule has 0 aliphatic heterocycles.